The van der Waals surface area contributed by atoms with Crippen molar-refractivity contribution in [3.05, 3.63) is 35.9 Å². The average molecular weight is 308 g/mol. The van der Waals surface area contributed by atoms with Gasteiger partial charge in [-0.2, -0.15) is 11.8 Å². The van der Waals surface area contributed by atoms with E-state index in [0.29, 0.717) is 6.54 Å². The van der Waals surface area contributed by atoms with E-state index in [2.05, 4.69) is 5.32 Å². The van der Waals surface area contributed by atoms with Gasteiger partial charge in [0.2, 0.25) is 5.91 Å². The second-order valence-electron chi connectivity index (χ2n) is 4.80. The fraction of sp³-hybridized carbons (Fsp3) is 0.438. The molecule has 1 amide bonds. The molecule has 21 heavy (non-hydrogen) atoms. The SMILES string of the molecule is CN(C)c1ccc(/C=C/C(=O)NCCSCCCO)cc1. The number of nitrogens with zero attached hydrogens (tertiary/aromatic N) is 1. The van der Waals surface area contributed by atoms with Gasteiger partial charge in [-0.3, -0.25) is 4.79 Å². The summed E-state index contributed by atoms with van der Waals surface area (Å²) in [5, 5.41) is 11.5. The zero-order valence-electron chi connectivity index (χ0n) is 12.7. The molecule has 0 radical (unpaired) electrons. The third kappa shape index (κ3) is 7.78. The Morgan fingerprint density at radius 3 is 2.62 bits per heavy atom. The fourth-order valence-corrected chi connectivity index (χ4v) is 2.41. The molecule has 0 saturated carbocycles. The first-order chi connectivity index (χ1) is 10.1. The summed E-state index contributed by atoms with van der Waals surface area (Å²) in [7, 11) is 3.99. The third-order valence-corrected chi connectivity index (χ3v) is 3.90. The van der Waals surface area contributed by atoms with Crippen molar-refractivity contribution in [3.63, 3.8) is 0 Å². The standard InChI is InChI=1S/C16H24N2O2S/c1-18(2)15-7-4-14(5-8-15)6-9-16(20)17-10-13-21-12-3-11-19/h4-9,19H,3,10-13H2,1-2H3,(H,17,20)/b9-6+. The topological polar surface area (TPSA) is 52.6 Å². The van der Waals surface area contributed by atoms with E-state index in [1.807, 2.05) is 49.3 Å². The highest BCUT2D eigenvalue weighted by atomic mass is 32.2. The minimum absolute atomic E-state index is 0.0746. The van der Waals surface area contributed by atoms with Crippen molar-refractivity contribution < 1.29 is 9.90 Å². The molecule has 0 aliphatic carbocycles. The molecular weight excluding hydrogens is 284 g/mol. The largest absolute Gasteiger partial charge is 0.396 e. The molecule has 116 valence electrons. The monoisotopic (exact) mass is 308 g/mol. The van der Waals surface area contributed by atoms with Gasteiger partial charge in [-0.05, 0) is 35.9 Å². The summed E-state index contributed by atoms with van der Waals surface area (Å²) < 4.78 is 0. The summed E-state index contributed by atoms with van der Waals surface area (Å²) in [5.74, 6) is 1.73. The van der Waals surface area contributed by atoms with E-state index in [4.69, 9.17) is 5.11 Å². The van der Waals surface area contributed by atoms with Crippen molar-refractivity contribution in [2.24, 2.45) is 0 Å². The molecule has 0 bridgehead atoms. The molecule has 1 aromatic carbocycles. The Balaban J connectivity index is 2.27. The van der Waals surface area contributed by atoms with Crippen LogP contribution in [-0.4, -0.2) is 49.8 Å². The predicted octanol–water partition coefficient (Wildman–Crippen LogP) is 2.00. The number of carbonyl (C=O) groups excluding carboxylic acids is 1. The number of aliphatic hydroxyl groups is 1. The van der Waals surface area contributed by atoms with E-state index >= 15 is 0 Å². The number of benzene rings is 1. The number of nitrogens with one attached hydrogen (secondary N) is 1. The second kappa shape index (κ2) is 10.3. The van der Waals surface area contributed by atoms with Gasteiger partial charge in [-0.25, -0.2) is 0 Å². The van der Waals surface area contributed by atoms with Crippen molar-refractivity contribution in [1.29, 1.82) is 0 Å². The Kier molecular flexibility index (Phi) is 8.62. The summed E-state index contributed by atoms with van der Waals surface area (Å²) in [6.45, 7) is 0.882. The highest BCUT2D eigenvalue weighted by molar-refractivity contribution is 7.99. The Bertz CT molecular complexity index is 444. The predicted molar refractivity (Wildman–Crippen MR) is 91.8 cm³/mol. The second-order valence-corrected chi connectivity index (χ2v) is 6.02. The minimum Gasteiger partial charge on any atom is -0.396 e. The van der Waals surface area contributed by atoms with E-state index in [-0.39, 0.29) is 12.5 Å². The summed E-state index contributed by atoms with van der Waals surface area (Å²) in [6.07, 6.45) is 4.18. The number of rotatable bonds is 9. The molecule has 1 rings (SSSR count). The molecule has 5 heteroatoms. The highest BCUT2D eigenvalue weighted by Gasteiger charge is 1.97. The normalized spacial score (nSPS) is 10.8. The highest BCUT2D eigenvalue weighted by Crippen LogP contribution is 2.12. The molecule has 0 heterocycles. The Labute approximate surface area is 131 Å². The lowest BCUT2D eigenvalue weighted by atomic mass is 10.2. The lowest BCUT2D eigenvalue weighted by Crippen LogP contribution is -2.23. The van der Waals surface area contributed by atoms with Crippen LogP contribution < -0.4 is 10.2 Å². The maximum atomic E-state index is 11.6. The molecule has 2 N–H and O–H groups in total. The van der Waals surface area contributed by atoms with Gasteiger partial charge in [0, 0.05) is 44.8 Å². The smallest absolute Gasteiger partial charge is 0.244 e. The number of hydrogen-bond donors (Lipinski definition) is 2. The number of thioether (sulfide) groups is 1. The van der Waals surface area contributed by atoms with Crippen LogP contribution in [0.15, 0.2) is 30.3 Å². The van der Waals surface area contributed by atoms with Crippen molar-refractivity contribution in [1.82, 2.24) is 5.32 Å². The first-order valence-corrected chi connectivity index (χ1v) is 8.21. The van der Waals surface area contributed by atoms with Crippen molar-refractivity contribution in [2.75, 3.05) is 43.7 Å². The van der Waals surface area contributed by atoms with Gasteiger partial charge in [0.25, 0.3) is 0 Å². The molecule has 0 spiro atoms. The fourth-order valence-electron chi connectivity index (χ4n) is 1.63. The third-order valence-electron chi connectivity index (χ3n) is 2.83. The van der Waals surface area contributed by atoms with Gasteiger partial charge in [0.05, 0.1) is 0 Å². The van der Waals surface area contributed by atoms with E-state index < -0.39 is 0 Å². The number of aliphatic hydroxyl groups excluding tert-OH is 1. The lowest BCUT2D eigenvalue weighted by molar-refractivity contribution is -0.116. The van der Waals surface area contributed by atoms with Crippen LogP contribution in [0.4, 0.5) is 5.69 Å². The molecule has 0 saturated heterocycles. The first-order valence-electron chi connectivity index (χ1n) is 7.05. The molecule has 1 aromatic rings. The number of anilines is 1. The van der Waals surface area contributed by atoms with Gasteiger partial charge in [0.15, 0.2) is 0 Å². The van der Waals surface area contributed by atoms with Crippen molar-refractivity contribution in [3.8, 4) is 0 Å². The molecule has 0 aromatic heterocycles. The van der Waals surface area contributed by atoms with Gasteiger partial charge >= 0.3 is 0 Å². The number of amides is 1. The summed E-state index contributed by atoms with van der Waals surface area (Å²) in [4.78, 5) is 13.7. The molecule has 0 fully saturated rings. The van der Waals surface area contributed by atoms with Crippen molar-refractivity contribution >= 4 is 29.4 Å². The number of carbonyl (C=O) groups is 1. The lowest BCUT2D eigenvalue weighted by Gasteiger charge is -2.11. The zero-order valence-corrected chi connectivity index (χ0v) is 13.5. The van der Waals surface area contributed by atoms with E-state index in [9.17, 15) is 4.79 Å². The molecule has 0 atom stereocenters. The Hall–Kier alpha value is -1.46. The van der Waals surface area contributed by atoms with Crippen LogP contribution in [0.1, 0.15) is 12.0 Å². The molecule has 0 unspecified atom stereocenters. The van der Waals surface area contributed by atoms with E-state index in [1.54, 1.807) is 17.8 Å². The maximum Gasteiger partial charge on any atom is 0.244 e. The van der Waals surface area contributed by atoms with E-state index in [1.165, 1.54) is 0 Å². The van der Waals surface area contributed by atoms with Crippen LogP contribution in [0.25, 0.3) is 6.08 Å². The minimum atomic E-state index is -0.0746. The van der Waals surface area contributed by atoms with Gasteiger partial charge < -0.3 is 15.3 Å². The summed E-state index contributed by atoms with van der Waals surface area (Å²) in [5.41, 5.74) is 2.14. The van der Waals surface area contributed by atoms with Gasteiger partial charge in [0.1, 0.15) is 0 Å². The molecule has 0 aliphatic rings. The summed E-state index contributed by atoms with van der Waals surface area (Å²) >= 11 is 1.74. The maximum absolute atomic E-state index is 11.6. The average Bonchev–Trinajstić information content (AvgIpc) is 2.49. The van der Waals surface area contributed by atoms with Crippen LogP contribution in [-0.2, 0) is 4.79 Å². The van der Waals surface area contributed by atoms with Crippen LogP contribution >= 0.6 is 11.8 Å². The molecule has 0 aliphatic heterocycles. The van der Waals surface area contributed by atoms with E-state index in [0.717, 1.165) is 29.2 Å². The van der Waals surface area contributed by atoms with Crippen LogP contribution in [0.2, 0.25) is 0 Å². The van der Waals surface area contributed by atoms with Crippen LogP contribution in [0, 0.1) is 0 Å². The molecule has 4 nitrogen and oxygen atoms in total. The van der Waals surface area contributed by atoms with Gasteiger partial charge in [-0.1, -0.05) is 12.1 Å². The molecular formula is C16H24N2O2S. The first kappa shape index (κ1) is 17.6. The summed E-state index contributed by atoms with van der Waals surface area (Å²) in [6, 6.07) is 8.03. The van der Waals surface area contributed by atoms with Gasteiger partial charge in [-0.15, -0.1) is 0 Å². The quantitative estimate of drug-likeness (QED) is 0.541. The Morgan fingerprint density at radius 1 is 1.29 bits per heavy atom. The number of hydrogen-bond acceptors (Lipinski definition) is 4. The zero-order chi connectivity index (χ0) is 15.5. The van der Waals surface area contributed by atoms with Crippen LogP contribution in [0.5, 0.6) is 0 Å². The Morgan fingerprint density at radius 2 is 2.00 bits per heavy atom. The van der Waals surface area contributed by atoms with Crippen molar-refractivity contribution in [2.45, 2.75) is 6.42 Å². The van der Waals surface area contributed by atoms with Crippen LogP contribution in [0.3, 0.4) is 0 Å².